The van der Waals surface area contributed by atoms with Crippen molar-refractivity contribution in [3.05, 3.63) is 11.1 Å². The first-order valence-corrected chi connectivity index (χ1v) is 9.13. The van der Waals surface area contributed by atoms with Gasteiger partial charge in [-0.05, 0) is 54.8 Å². The van der Waals surface area contributed by atoms with Gasteiger partial charge in [-0.3, -0.25) is 0 Å². The Kier molecular flexibility index (Phi) is 5.30. The molecule has 0 amide bonds. The SMILES string of the molecule is COC(=O)C1=C(CCC(C)C)[C@@]2(C)CCCC(C)(C)[C@@H]2C[C@@H]1O. The minimum atomic E-state index is -0.680. The van der Waals surface area contributed by atoms with Gasteiger partial charge in [0.15, 0.2) is 0 Å². The van der Waals surface area contributed by atoms with Crippen molar-refractivity contribution in [2.24, 2.45) is 22.7 Å². The number of esters is 1. The van der Waals surface area contributed by atoms with Crippen LogP contribution in [-0.4, -0.2) is 24.3 Å². The van der Waals surface area contributed by atoms with Gasteiger partial charge >= 0.3 is 5.97 Å². The summed E-state index contributed by atoms with van der Waals surface area (Å²) in [4.78, 5) is 12.4. The largest absolute Gasteiger partial charge is 0.466 e. The van der Waals surface area contributed by atoms with Gasteiger partial charge in [-0.2, -0.15) is 0 Å². The van der Waals surface area contributed by atoms with Crippen LogP contribution in [0, 0.1) is 22.7 Å². The third-order valence-electron chi connectivity index (χ3n) is 6.41. The molecule has 3 atom stereocenters. The van der Waals surface area contributed by atoms with E-state index in [0.29, 0.717) is 23.8 Å². The first-order valence-electron chi connectivity index (χ1n) is 9.13. The van der Waals surface area contributed by atoms with Gasteiger partial charge in [0.25, 0.3) is 0 Å². The molecule has 0 aromatic carbocycles. The van der Waals surface area contributed by atoms with Gasteiger partial charge in [0.2, 0.25) is 0 Å². The molecule has 2 rings (SSSR count). The zero-order valence-electron chi connectivity index (χ0n) is 15.7. The van der Waals surface area contributed by atoms with Crippen LogP contribution in [0.4, 0.5) is 0 Å². The van der Waals surface area contributed by atoms with Crippen LogP contribution in [0.2, 0.25) is 0 Å². The Balaban J connectivity index is 2.52. The molecule has 2 aliphatic carbocycles. The van der Waals surface area contributed by atoms with E-state index >= 15 is 0 Å². The lowest BCUT2D eigenvalue weighted by Gasteiger charge is -2.56. The molecule has 23 heavy (non-hydrogen) atoms. The summed E-state index contributed by atoms with van der Waals surface area (Å²) in [5.74, 6) is 0.674. The normalized spacial score (nSPS) is 33.6. The fourth-order valence-corrected chi connectivity index (χ4v) is 5.13. The summed E-state index contributed by atoms with van der Waals surface area (Å²) in [5, 5.41) is 10.7. The molecule has 0 spiro atoms. The molecule has 0 aliphatic heterocycles. The minimum absolute atomic E-state index is 0.0133. The second-order valence-electron chi connectivity index (χ2n) is 8.88. The number of allylic oxidation sites excluding steroid dienone is 1. The summed E-state index contributed by atoms with van der Waals surface area (Å²) in [6.07, 6.45) is 5.44. The zero-order valence-corrected chi connectivity index (χ0v) is 15.7. The molecule has 0 unspecified atom stereocenters. The van der Waals surface area contributed by atoms with Crippen molar-refractivity contribution in [3.8, 4) is 0 Å². The summed E-state index contributed by atoms with van der Waals surface area (Å²) in [7, 11) is 1.42. The first-order chi connectivity index (χ1) is 10.6. The van der Waals surface area contributed by atoms with Crippen molar-refractivity contribution in [1.29, 1.82) is 0 Å². The van der Waals surface area contributed by atoms with Gasteiger partial charge in [-0.15, -0.1) is 0 Å². The number of rotatable bonds is 4. The Morgan fingerprint density at radius 3 is 2.52 bits per heavy atom. The number of hydrogen-bond donors (Lipinski definition) is 1. The van der Waals surface area contributed by atoms with Crippen LogP contribution in [0.3, 0.4) is 0 Å². The number of ether oxygens (including phenoxy) is 1. The lowest BCUT2D eigenvalue weighted by Crippen LogP contribution is -2.49. The number of fused-ring (bicyclic) bond motifs is 1. The molecular formula is C20H34O3. The fourth-order valence-electron chi connectivity index (χ4n) is 5.13. The van der Waals surface area contributed by atoms with Crippen molar-refractivity contribution in [3.63, 3.8) is 0 Å². The van der Waals surface area contributed by atoms with Crippen LogP contribution in [0.1, 0.15) is 73.1 Å². The smallest absolute Gasteiger partial charge is 0.336 e. The van der Waals surface area contributed by atoms with E-state index in [1.807, 2.05) is 0 Å². The van der Waals surface area contributed by atoms with E-state index in [1.54, 1.807) is 0 Å². The van der Waals surface area contributed by atoms with Crippen molar-refractivity contribution in [2.75, 3.05) is 7.11 Å². The number of methoxy groups -OCH3 is 1. The Hall–Kier alpha value is -0.830. The van der Waals surface area contributed by atoms with Crippen LogP contribution < -0.4 is 0 Å². The topological polar surface area (TPSA) is 46.5 Å². The van der Waals surface area contributed by atoms with Gasteiger partial charge in [-0.1, -0.05) is 46.6 Å². The van der Waals surface area contributed by atoms with E-state index in [4.69, 9.17) is 4.74 Å². The van der Waals surface area contributed by atoms with Crippen LogP contribution in [-0.2, 0) is 9.53 Å². The Labute approximate surface area is 141 Å². The lowest BCUT2D eigenvalue weighted by atomic mass is 9.49. The molecule has 0 heterocycles. The summed E-state index contributed by atoms with van der Waals surface area (Å²) >= 11 is 0. The van der Waals surface area contributed by atoms with Gasteiger partial charge in [0.1, 0.15) is 0 Å². The average molecular weight is 322 g/mol. The van der Waals surface area contributed by atoms with Gasteiger partial charge < -0.3 is 9.84 Å². The molecule has 0 aromatic rings. The number of aliphatic hydroxyl groups excluding tert-OH is 1. The number of carbonyl (C=O) groups excluding carboxylic acids is 1. The predicted molar refractivity (Wildman–Crippen MR) is 93.0 cm³/mol. The standard InChI is InChI=1S/C20H34O3/c1-13(2)8-9-14-17(18(22)23-6)15(21)12-16-19(3,4)10-7-11-20(14,16)5/h13,15-16,21H,7-12H2,1-6H3/t15-,16-,20+/m0/s1. The van der Waals surface area contributed by atoms with E-state index in [0.717, 1.165) is 19.3 Å². The van der Waals surface area contributed by atoms with Crippen molar-refractivity contribution in [2.45, 2.75) is 79.2 Å². The molecular weight excluding hydrogens is 288 g/mol. The van der Waals surface area contributed by atoms with E-state index in [1.165, 1.54) is 25.5 Å². The average Bonchev–Trinajstić information content (AvgIpc) is 2.45. The number of carbonyl (C=O) groups is 1. The quantitative estimate of drug-likeness (QED) is 0.776. The monoisotopic (exact) mass is 322 g/mol. The lowest BCUT2D eigenvalue weighted by molar-refractivity contribution is -0.138. The molecule has 1 fully saturated rings. The molecule has 1 N–H and O–H groups in total. The summed E-state index contributed by atoms with van der Waals surface area (Å²) < 4.78 is 5.02. The molecule has 0 saturated heterocycles. The summed E-state index contributed by atoms with van der Waals surface area (Å²) in [5.41, 5.74) is 1.96. The highest BCUT2D eigenvalue weighted by Crippen LogP contribution is 2.60. The van der Waals surface area contributed by atoms with Gasteiger partial charge in [-0.25, -0.2) is 4.79 Å². The third kappa shape index (κ3) is 3.35. The maximum atomic E-state index is 12.4. The highest BCUT2D eigenvalue weighted by Gasteiger charge is 2.53. The van der Waals surface area contributed by atoms with Crippen molar-refractivity contribution in [1.82, 2.24) is 0 Å². The zero-order chi connectivity index (χ0) is 17.4. The minimum Gasteiger partial charge on any atom is -0.466 e. The molecule has 2 aliphatic rings. The maximum Gasteiger partial charge on any atom is 0.336 e. The summed E-state index contributed by atoms with van der Waals surface area (Å²) in [6.45, 7) is 11.4. The van der Waals surface area contributed by atoms with Gasteiger partial charge in [0, 0.05) is 0 Å². The molecule has 0 radical (unpaired) electrons. The van der Waals surface area contributed by atoms with Crippen molar-refractivity contribution < 1.29 is 14.6 Å². The van der Waals surface area contributed by atoms with Crippen LogP contribution in [0.5, 0.6) is 0 Å². The molecule has 132 valence electrons. The second kappa shape index (κ2) is 6.58. The van der Waals surface area contributed by atoms with E-state index < -0.39 is 6.10 Å². The van der Waals surface area contributed by atoms with Gasteiger partial charge in [0.05, 0.1) is 18.8 Å². The Morgan fingerprint density at radius 1 is 1.30 bits per heavy atom. The number of hydrogen-bond acceptors (Lipinski definition) is 3. The number of aliphatic hydroxyl groups is 1. The summed E-state index contributed by atoms with van der Waals surface area (Å²) in [6, 6.07) is 0. The van der Waals surface area contributed by atoms with E-state index in [9.17, 15) is 9.90 Å². The molecule has 0 aromatic heterocycles. The predicted octanol–water partition coefficient (Wildman–Crippen LogP) is 4.49. The van der Waals surface area contributed by atoms with Crippen molar-refractivity contribution >= 4 is 5.97 Å². The first kappa shape index (κ1) is 18.5. The van der Waals surface area contributed by atoms with E-state index in [-0.39, 0.29) is 16.8 Å². The van der Waals surface area contributed by atoms with Crippen LogP contribution in [0.25, 0.3) is 0 Å². The molecule has 1 saturated carbocycles. The highest BCUT2D eigenvalue weighted by molar-refractivity contribution is 5.91. The van der Waals surface area contributed by atoms with E-state index in [2.05, 4.69) is 34.6 Å². The maximum absolute atomic E-state index is 12.4. The van der Waals surface area contributed by atoms with Crippen LogP contribution >= 0.6 is 0 Å². The molecule has 0 bridgehead atoms. The molecule has 3 nitrogen and oxygen atoms in total. The Morgan fingerprint density at radius 2 is 1.96 bits per heavy atom. The Bertz CT molecular complexity index is 489. The second-order valence-corrected chi connectivity index (χ2v) is 8.88. The molecule has 3 heteroatoms. The highest BCUT2D eigenvalue weighted by atomic mass is 16.5. The fraction of sp³-hybridized carbons (Fsp3) is 0.850. The third-order valence-corrected chi connectivity index (χ3v) is 6.41. The van der Waals surface area contributed by atoms with Crippen LogP contribution in [0.15, 0.2) is 11.1 Å².